The Labute approximate surface area is 128 Å². The average molecular weight is 306 g/mol. The van der Waals surface area contributed by atoms with Gasteiger partial charge < -0.3 is 22.5 Å². The Morgan fingerprint density at radius 2 is 1.76 bits per heavy atom. The zero-order valence-electron chi connectivity index (χ0n) is 11.2. The quantitative estimate of drug-likeness (QED) is 0.549. The monoisotopic (exact) mass is 305 g/mol. The molecule has 0 bridgehead atoms. The molecule has 110 valence electrons. The number of carbonyl (C=O) groups is 2. The summed E-state index contributed by atoms with van der Waals surface area (Å²) in [6.07, 6.45) is 3.07. The van der Waals surface area contributed by atoms with E-state index >= 15 is 0 Å². The maximum Gasteiger partial charge on any atom is 0.338 e. The van der Waals surface area contributed by atoms with Crippen LogP contribution in [0, 0.1) is 0 Å². The summed E-state index contributed by atoms with van der Waals surface area (Å²) >= 11 is 0. The summed E-state index contributed by atoms with van der Waals surface area (Å²) in [5.41, 5.74) is 0.966. The summed E-state index contributed by atoms with van der Waals surface area (Å²) in [5.74, 6) is -0.643. The fourth-order valence-corrected chi connectivity index (χ4v) is 1.56. The van der Waals surface area contributed by atoms with Crippen molar-refractivity contribution in [3.05, 3.63) is 66.0 Å². The molecule has 0 aliphatic carbocycles. The molecule has 0 atom stereocenters. The number of hydrogen-bond donors (Lipinski definition) is 1. The van der Waals surface area contributed by atoms with E-state index in [9.17, 15) is 9.59 Å². The van der Waals surface area contributed by atoms with Crippen molar-refractivity contribution in [2.24, 2.45) is 0 Å². The highest BCUT2D eigenvalue weighted by Gasteiger charge is 2.07. The Balaban J connectivity index is 0.00000220. The second kappa shape index (κ2) is 8.71. The van der Waals surface area contributed by atoms with Crippen LogP contribution in [-0.4, -0.2) is 30.0 Å². The van der Waals surface area contributed by atoms with Crippen LogP contribution in [0.1, 0.15) is 20.7 Å². The first-order chi connectivity index (χ1) is 9.77. The van der Waals surface area contributed by atoms with E-state index in [0.717, 1.165) is 0 Å². The van der Waals surface area contributed by atoms with E-state index in [0.29, 0.717) is 11.1 Å². The molecule has 6 heteroatoms. The molecule has 0 aliphatic heterocycles. The van der Waals surface area contributed by atoms with Gasteiger partial charge in [-0.15, -0.1) is 0 Å². The van der Waals surface area contributed by atoms with Crippen molar-refractivity contribution in [1.82, 2.24) is 10.3 Å². The summed E-state index contributed by atoms with van der Waals surface area (Å²) in [6.45, 7) is 0.381. The summed E-state index contributed by atoms with van der Waals surface area (Å²) in [4.78, 5) is 27.1. The summed E-state index contributed by atoms with van der Waals surface area (Å²) in [5, 5.41) is 2.65. The molecule has 0 saturated heterocycles. The molecule has 1 heterocycles. The number of ether oxygens (including phenoxy) is 1. The van der Waals surface area contributed by atoms with E-state index < -0.39 is 5.97 Å². The highest BCUT2D eigenvalue weighted by Crippen LogP contribution is 2.00. The van der Waals surface area contributed by atoms with Gasteiger partial charge in [0, 0.05) is 12.4 Å². The summed E-state index contributed by atoms with van der Waals surface area (Å²) in [6, 6.07) is 12.1. The Morgan fingerprint density at radius 3 is 2.43 bits per heavy atom. The lowest BCUT2D eigenvalue weighted by Gasteiger charge is -2.06. The second-order valence-corrected chi connectivity index (χ2v) is 4.00. The summed E-state index contributed by atoms with van der Waals surface area (Å²) < 4.78 is 5.05. The highest BCUT2D eigenvalue weighted by molar-refractivity contribution is 5.93. The van der Waals surface area contributed by atoms with Gasteiger partial charge in [-0.2, -0.15) is 0 Å². The van der Waals surface area contributed by atoms with E-state index in [-0.39, 0.29) is 31.5 Å². The number of amides is 1. The van der Waals surface area contributed by atoms with Gasteiger partial charge in [0.15, 0.2) is 0 Å². The molecule has 0 fully saturated rings. The smallest absolute Gasteiger partial charge is 0.338 e. The number of hydrogen-bond acceptors (Lipinski definition) is 4. The molecule has 2 rings (SSSR count). The van der Waals surface area contributed by atoms with Crippen LogP contribution in [0.4, 0.5) is 0 Å². The van der Waals surface area contributed by atoms with Crippen LogP contribution in [0.25, 0.3) is 0 Å². The number of esters is 1. The van der Waals surface area contributed by atoms with Gasteiger partial charge in [0.1, 0.15) is 6.61 Å². The van der Waals surface area contributed by atoms with Gasteiger partial charge in [-0.3, -0.25) is 9.78 Å². The lowest BCUT2D eigenvalue weighted by atomic mass is 10.2. The van der Waals surface area contributed by atoms with E-state index in [1.165, 1.54) is 6.20 Å². The zero-order valence-corrected chi connectivity index (χ0v) is 11.9. The predicted molar refractivity (Wildman–Crippen MR) is 73.3 cm³/mol. The number of rotatable bonds is 5. The molecule has 1 N–H and O–H groups in total. The van der Waals surface area contributed by atoms with Crippen LogP contribution >= 0.6 is 0 Å². The molecule has 0 aliphatic rings. The fourth-order valence-electron chi connectivity index (χ4n) is 1.56. The molecule has 2 aromatic rings. The van der Waals surface area contributed by atoms with Crippen molar-refractivity contribution < 1.29 is 26.7 Å². The van der Waals surface area contributed by atoms with E-state index in [1.807, 2.05) is 6.07 Å². The Kier molecular flexibility index (Phi) is 6.91. The van der Waals surface area contributed by atoms with Gasteiger partial charge in [0.2, 0.25) is 0 Å². The Hall–Kier alpha value is -2.40. The minimum atomic E-state index is -0.402. The number of nitrogens with one attached hydrogen (secondary N) is 1. The maximum atomic E-state index is 11.7. The van der Waals surface area contributed by atoms with Gasteiger partial charge in [0.05, 0.1) is 17.7 Å². The molecule has 5 nitrogen and oxygen atoms in total. The number of carbonyl (C=O) groups excluding carboxylic acids is 2. The SMILES string of the molecule is O=C(NCCOC(=O)c1ccccc1)c1cccnc1.[Cl-]. The lowest BCUT2D eigenvalue weighted by molar-refractivity contribution is -0.0000280. The molecule has 21 heavy (non-hydrogen) atoms. The Bertz CT molecular complexity index is 522. The fraction of sp³-hybridized carbons (Fsp3) is 0.133. The van der Waals surface area contributed by atoms with Gasteiger partial charge in [-0.1, -0.05) is 18.2 Å². The average Bonchev–Trinajstić information content (AvgIpc) is 2.53. The third kappa shape index (κ3) is 5.24. The number of halogens is 1. The maximum absolute atomic E-state index is 11.7. The number of nitrogens with zero attached hydrogens (tertiary/aromatic N) is 1. The summed E-state index contributed by atoms with van der Waals surface area (Å²) in [7, 11) is 0. The van der Waals surface area contributed by atoms with Crippen LogP contribution in [0.15, 0.2) is 54.9 Å². The van der Waals surface area contributed by atoms with E-state index in [1.54, 1.807) is 42.6 Å². The van der Waals surface area contributed by atoms with Crippen molar-refractivity contribution in [1.29, 1.82) is 0 Å². The van der Waals surface area contributed by atoms with Crippen LogP contribution in [0.2, 0.25) is 0 Å². The molecule has 0 radical (unpaired) electrons. The minimum absolute atomic E-state index is 0. The van der Waals surface area contributed by atoms with Crippen LogP contribution in [0.5, 0.6) is 0 Å². The van der Waals surface area contributed by atoms with Crippen molar-refractivity contribution in [3.63, 3.8) is 0 Å². The predicted octanol–water partition coefficient (Wildman–Crippen LogP) is -1.33. The Morgan fingerprint density at radius 1 is 1.05 bits per heavy atom. The van der Waals surface area contributed by atoms with Gasteiger partial charge in [-0.05, 0) is 24.3 Å². The first-order valence-corrected chi connectivity index (χ1v) is 6.18. The molecular weight excluding hydrogens is 292 g/mol. The second-order valence-electron chi connectivity index (χ2n) is 4.00. The van der Waals surface area contributed by atoms with Gasteiger partial charge in [0.25, 0.3) is 5.91 Å². The highest BCUT2D eigenvalue weighted by atomic mass is 35.5. The molecule has 1 aromatic carbocycles. The standard InChI is InChI=1S/C15H14N2O3.ClH/c18-14(13-7-4-8-16-11-13)17-9-10-20-15(19)12-5-2-1-3-6-12;/h1-8,11H,9-10H2,(H,17,18);1H/p-1. The minimum Gasteiger partial charge on any atom is -1.00 e. The van der Waals surface area contributed by atoms with Crippen molar-refractivity contribution in [3.8, 4) is 0 Å². The normalized spacial score (nSPS) is 9.33. The van der Waals surface area contributed by atoms with E-state index in [2.05, 4.69) is 10.3 Å². The molecule has 1 amide bonds. The molecule has 0 saturated carbocycles. The number of pyridine rings is 1. The van der Waals surface area contributed by atoms with Gasteiger partial charge in [-0.25, -0.2) is 4.79 Å². The zero-order chi connectivity index (χ0) is 14.2. The lowest BCUT2D eigenvalue weighted by Crippen LogP contribution is -3.00. The molecule has 0 unspecified atom stereocenters. The first kappa shape index (κ1) is 16.7. The van der Waals surface area contributed by atoms with Crippen molar-refractivity contribution in [2.45, 2.75) is 0 Å². The topological polar surface area (TPSA) is 68.3 Å². The molecule has 0 spiro atoms. The van der Waals surface area contributed by atoms with Crippen LogP contribution < -0.4 is 17.7 Å². The van der Waals surface area contributed by atoms with Gasteiger partial charge >= 0.3 is 5.97 Å². The van der Waals surface area contributed by atoms with Crippen molar-refractivity contribution >= 4 is 11.9 Å². The molecule has 1 aromatic heterocycles. The third-order valence-electron chi connectivity index (χ3n) is 2.55. The number of aromatic nitrogens is 1. The molecular formula is C15H14ClN2O3-. The van der Waals surface area contributed by atoms with Crippen molar-refractivity contribution in [2.75, 3.05) is 13.2 Å². The third-order valence-corrected chi connectivity index (χ3v) is 2.55. The largest absolute Gasteiger partial charge is 1.00 e. The number of benzene rings is 1. The van der Waals surface area contributed by atoms with E-state index in [4.69, 9.17) is 4.74 Å². The van der Waals surface area contributed by atoms with Crippen LogP contribution in [0.3, 0.4) is 0 Å². The van der Waals surface area contributed by atoms with Crippen LogP contribution in [-0.2, 0) is 4.74 Å². The first-order valence-electron chi connectivity index (χ1n) is 6.18.